The van der Waals surface area contributed by atoms with E-state index in [9.17, 15) is 0 Å². The Morgan fingerprint density at radius 2 is 1.89 bits per heavy atom. The Morgan fingerprint density at radius 3 is 2.56 bits per heavy atom. The van der Waals surface area contributed by atoms with E-state index in [1.807, 2.05) is 31.2 Å². The van der Waals surface area contributed by atoms with Crippen LogP contribution in [-0.4, -0.2) is 16.5 Å². The number of nitrogens with one attached hydrogen (secondary N) is 2. The van der Waals surface area contributed by atoms with Gasteiger partial charge in [0.25, 0.3) is 0 Å². The highest BCUT2D eigenvalue weighted by molar-refractivity contribution is 9.10. The monoisotopic (exact) mass is 370 g/mol. The minimum absolute atomic E-state index is 0.611. The molecule has 18 heavy (non-hydrogen) atoms. The molecule has 0 aliphatic rings. The molecule has 0 radical (unpaired) electrons. The van der Waals surface area contributed by atoms with Crippen molar-refractivity contribution in [1.29, 1.82) is 0 Å². The highest BCUT2D eigenvalue weighted by Crippen LogP contribution is 2.24. The van der Waals surface area contributed by atoms with Crippen molar-refractivity contribution in [3.05, 3.63) is 39.4 Å². The minimum Gasteiger partial charge on any atom is -0.354 e. The molecule has 1 heterocycles. The van der Waals surface area contributed by atoms with E-state index >= 15 is 0 Å². The third-order valence-corrected chi connectivity index (χ3v) is 3.29. The molecule has 2 aromatic rings. The molecule has 2 rings (SSSR count). The first-order valence-electron chi connectivity index (χ1n) is 5.48. The van der Waals surface area contributed by atoms with Crippen LogP contribution in [0.5, 0.6) is 0 Å². The Kier molecular flexibility index (Phi) is 4.54. The molecule has 0 amide bonds. The van der Waals surface area contributed by atoms with E-state index < -0.39 is 0 Å². The largest absolute Gasteiger partial charge is 0.354 e. The molecule has 0 fully saturated rings. The number of halogens is 2. The Hall–Kier alpha value is -1.14. The van der Waals surface area contributed by atoms with E-state index in [1.54, 1.807) is 6.20 Å². The number of hydrogen-bond donors (Lipinski definition) is 2. The van der Waals surface area contributed by atoms with Gasteiger partial charge in [-0.25, -0.2) is 4.98 Å². The topological polar surface area (TPSA) is 49.8 Å². The Labute approximate surface area is 122 Å². The van der Waals surface area contributed by atoms with Crippen LogP contribution in [0.4, 0.5) is 17.5 Å². The second kappa shape index (κ2) is 6.15. The number of nitrogens with zero attached hydrogens (tertiary/aromatic N) is 2. The molecule has 0 saturated carbocycles. The number of anilines is 3. The number of hydrogen-bond acceptors (Lipinski definition) is 4. The maximum Gasteiger partial charge on any atom is 0.224 e. The molecule has 1 aromatic carbocycles. The zero-order valence-electron chi connectivity index (χ0n) is 9.74. The van der Waals surface area contributed by atoms with Crippen molar-refractivity contribution in [2.75, 3.05) is 17.2 Å². The van der Waals surface area contributed by atoms with Gasteiger partial charge in [-0.05, 0) is 47.1 Å². The number of benzene rings is 1. The lowest BCUT2D eigenvalue weighted by Crippen LogP contribution is -2.04. The summed E-state index contributed by atoms with van der Waals surface area (Å²) in [7, 11) is 0. The van der Waals surface area contributed by atoms with Crippen LogP contribution in [0.1, 0.15) is 6.92 Å². The third kappa shape index (κ3) is 3.43. The second-order valence-corrected chi connectivity index (χ2v) is 5.32. The molecule has 0 aliphatic carbocycles. The van der Waals surface area contributed by atoms with Crippen LogP contribution in [0.25, 0.3) is 0 Å². The van der Waals surface area contributed by atoms with Crippen molar-refractivity contribution in [3.8, 4) is 0 Å². The molecule has 0 unspecified atom stereocenters. The van der Waals surface area contributed by atoms with Gasteiger partial charge in [0.05, 0.1) is 4.47 Å². The molecule has 4 nitrogen and oxygen atoms in total. The van der Waals surface area contributed by atoms with Crippen LogP contribution in [0.15, 0.2) is 39.4 Å². The van der Waals surface area contributed by atoms with Crippen LogP contribution in [-0.2, 0) is 0 Å². The summed E-state index contributed by atoms with van der Waals surface area (Å²) in [4.78, 5) is 8.56. The van der Waals surface area contributed by atoms with Crippen molar-refractivity contribution >= 4 is 49.3 Å². The van der Waals surface area contributed by atoms with Gasteiger partial charge in [0.2, 0.25) is 5.95 Å². The lowest BCUT2D eigenvalue weighted by atomic mass is 10.3. The smallest absolute Gasteiger partial charge is 0.224 e. The van der Waals surface area contributed by atoms with Gasteiger partial charge in [-0.3, -0.25) is 0 Å². The first kappa shape index (κ1) is 13.3. The van der Waals surface area contributed by atoms with Crippen molar-refractivity contribution in [1.82, 2.24) is 9.97 Å². The molecule has 6 heteroatoms. The fourth-order valence-corrected chi connectivity index (χ4v) is 1.92. The van der Waals surface area contributed by atoms with Gasteiger partial charge in [-0.2, -0.15) is 4.98 Å². The number of rotatable bonds is 4. The lowest BCUT2D eigenvalue weighted by molar-refractivity contribution is 1.08. The van der Waals surface area contributed by atoms with Gasteiger partial charge in [0.1, 0.15) is 5.82 Å². The Morgan fingerprint density at radius 1 is 1.17 bits per heavy atom. The van der Waals surface area contributed by atoms with Crippen molar-refractivity contribution in [2.45, 2.75) is 6.92 Å². The van der Waals surface area contributed by atoms with Crippen LogP contribution in [0.3, 0.4) is 0 Å². The van der Waals surface area contributed by atoms with Gasteiger partial charge in [0, 0.05) is 22.9 Å². The molecule has 2 N–H and O–H groups in total. The zero-order chi connectivity index (χ0) is 13.0. The predicted octanol–water partition coefficient (Wildman–Crippen LogP) is 4.18. The van der Waals surface area contributed by atoms with E-state index in [1.165, 1.54) is 0 Å². The van der Waals surface area contributed by atoms with Crippen LogP contribution >= 0.6 is 31.9 Å². The van der Waals surface area contributed by atoms with Crippen molar-refractivity contribution in [3.63, 3.8) is 0 Å². The number of aromatic nitrogens is 2. The molecular formula is C12H12Br2N4. The molecule has 0 atom stereocenters. The van der Waals surface area contributed by atoms with E-state index in [0.29, 0.717) is 5.95 Å². The summed E-state index contributed by atoms with van der Waals surface area (Å²) in [6.07, 6.45) is 1.73. The second-order valence-electron chi connectivity index (χ2n) is 3.55. The highest BCUT2D eigenvalue weighted by Gasteiger charge is 2.04. The van der Waals surface area contributed by atoms with E-state index in [0.717, 1.165) is 27.0 Å². The van der Waals surface area contributed by atoms with Gasteiger partial charge in [-0.1, -0.05) is 15.9 Å². The van der Waals surface area contributed by atoms with Crippen molar-refractivity contribution in [2.24, 2.45) is 0 Å². The van der Waals surface area contributed by atoms with Gasteiger partial charge < -0.3 is 10.6 Å². The first-order valence-corrected chi connectivity index (χ1v) is 7.06. The third-order valence-electron chi connectivity index (χ3n) is 2.19. The Bertz CT molecular complexity index is 528. The summed E-state index contributed by atoms with van der Waals surface area (Å²) in [6, 6.07) is 7.91. The maximum absolute atomic E-state index is 4.39. The quantitative estimate of drug-likeness (QED) is 0.846. The zero-order valence-corrected chi connectivity index (χ0v) is 12.9. The van der Waals surface area contributed by atoms with Crippen LogP contribution in [0, 0.1) is 0 Å². The summed E-state index contributed by atoms with van der Waals surface area (Å²) >= 11 is 6.83. The predicted molar refractivity (Wildman–Crippen MR) is 81.3 cm³/mol. The summed E-state index contributed by atoms with van der Waals surface area (Å²) in [5.74, 6) is 1.35. The summed E-state index contributed by atoms with van der Waals surface area (Å²) in [5, 5.41) is 6.32. The van der Waals surface area contributed by atoms with Gasteiger partial charge in [0.15, 0.2) is 0 Å². The van der Waals surface area contributed by atoms with E-state index in [4.69, 9.17) is 0 Å². The molecule has 0 aliphatic heterocycles. The maximum atomic E-state index is 4.39. The lowest BCUT2D eigenvalue weighted by Gasteiger charge is -2.09. The SMILES string of the molecule is CCNc1ncc(Br)c(Nc2ccc(Br)cc2)n1. The molecule has 94 valence electrons. The standard InChI is InChI=1S/C12H12Br2N4/c1-2-15-12-16-7-10(14)11(18-12)17-9-5-3-8(13)4-6-9/h3-7H,2H2,1H3,(H2,15,16,17,18). The van der Waals surface area contributed by atoms with E-state index in [-0.39, 0.29) is 0 Å². The van der Waals surface area contributed by atoms with Gasteiger partial charge >= 0.3 is 0 Å². The molecule has 0 bridgehead atoms. The fourth-order valence-electron chi connectivity index (χ4n) is 1.37. The first-order chi connectivity index (χ1) is 8.69. The molecule has 0 saturated heterocycles. The highest BCUT2D eigenvalue weighted by atomic mass is 79.9. The molecule has 1 aromatic heterocycles. The summed E-state index contributed by atoms with van der Waals surface area (Å²) < 4.78 is 1.87. The fraction of sp³-hybridized carbons (Fsp3) is 0.167. The minimum atomic E-state index is 0.611. The van der Waals surface area contributed by atoms with Crippen LogP contribution < -0.4 is 10.6 Å². The van der Waals surface area contributed by atoms with E-state index in [2.05, 4.69) is 52.5 Å². The summed E-state index contributed by atoms with van der Waals surface area (Å²) in [6.45, 7) is 2.80. The molecule has 0 spiro atoms. The average Bonchev–Trinajstić information content (AvgIpc) is 2.36. The van der Waals surface area contributed by atoms with Crippen molar-refractivity contribution < 1.29 is 0 Å². The average molecular weight is 372 g/mol. The molecular weight excluding hydrogens is 360 g/mol. The van der Waals surface area contributed by atoms with Crippen LogP contribution in [0.2, 0.25) is 0 Å². The normalized spacial score (nSPS) is 10.2. The Balaban J connectivity index is 2.22. The van der Waals surface area contributed by atoms with Gasteiger partial charge in [-0.15, -0.1) is 0 Å². The summed E-state index contributed by atoms with van der Waals surface area (Å²) in [5.41, 5.74) is 0.972.